The van der Waals surface area contributed by atoms with Gasteiger partial charge in [0.25, 0.3) is 0 Å². The minimum absolute atomic E-state index is 0.294. The van der Waals surface area contributed by atoms with Gasteiger partial charge < -0.3 is 14.8 Å². The van der Waals surface area contributed by atoms with Crippen LogP contribution in [0.15, 0.2) is 65.0 Å². The summed E-state index contributed by atoms with van der Waals surface area (Å²) in [7, 11) is 0. The molecule has 0 fully saturated rings. The summed E-state index contributed by atoms with van der Waals surface area (Å²) in [6, 6.07) is 14.8. The normalized spacial score (nSPS) is 14.9. The molecule has 0 saturated heterocycles. The second-order valence-electron chi connectivity index (χ2n) is 8.14. The van der Waals surface area contributed by atoms with E-state index in [1.165, 1.54) is 0 Å². The summed E-state index contributed by atoms with van der Waals surface area (Å²) in [5.41, 5.74) is 3.15. The molecule has 2 heterocycles. The lowest BCUT2D eigenvalue weighted by Crippen LogP contribution is -2.29. The van der Waals surface area contributed by atoms with E-state index in [4.69, 9.17) is 26.2 Å². The topological polar surface area (TPSA) is 78.3 Å². The van der Waals surface area contributed by atoms with Crippen molar-refractivity contribution < 1.29 is 14.3 Å². The fraction of sp³-hybridized carbons (Fsp3) is 0.346. The van der Waals surface area contributed by atoms with E-state index < -0.39 is 6.04 Å². The third kappa shape index (κ3) is 6.00. The van der Waals surface area contributed by atoms with Crippen molar-refractivity contribution >= 4 is 35.3 Å². The molecule has 0 aliphatic carbocycles. The summed E-state index contributed by atoms with van der Waals surface area (Å²) in [6.07, 6.45) is 2.20. The molecular formula is C26H29ClN4O3S. The minimum Gasteiger partial charge on any atom is -0.489 e. The summed E-state index contributed by atoms with van der Waals surface area (Å²) >= 11 is 7.58. The predicted octanol–water partition coefficient (Wildman–Crippen LogP) is 6.25. The molecule has 0 radical (unpaired) electrons. The quantitative estimate of drug-likeness (QED) is 0.195. The van der Waals surface area contributed by atoms with Crippen molar-refractivity contribution in [3.05, 3.63) is 76.0 Å². The molecule has 0 amide bonds. The minimum atomic E-state index is -0.455. The zero-order chi connectivity index (χ0) is 24.8. The van der Waals surface area contributed by atoms with Gasteiger partial charge in [0.2, 0.25) is 11.1 Å². The molecular weight excluding hydrogens is 484 g/mol. The zero-order valence-corrected chi connectivity index (χ0v) is 21.7. The van der Waals surface area contributed by atoms with Crippen molar-refractivity contribution in [1.29, 1.82) is 0 Å². The van der Waals surface area contributed by atoms with E-state index in [1.54, 1.807) is 23.4 Å². The molecule has 0 saturated carbocycles. The van der Waals surface area contributed by atoms with Crippen LogP contribution in [0.4, 0.5) is 5.95 Å². The Hall–Kier alpha value is -2.97. The van der Waals surface area contributed by atoms with E-state index in [0.29, 0.717) is 40.6 Å². The van der Waals surface area contributed by atoms with Gasteiger partial charge in [-0.05, 0) is 55.7 Å². The first-order chi connectivity index (χ1) is 17.0. The number of aromatic nitrogens is 3. The molecule has 35 heavy (non-hydrogen) atoms. The molecule has 1 aliphatic heterocycles. The Morgan fingerprint density at radius 3 is 2.57 bits per heavy atom. The lowest BCUT2D eigenvalue weighted by Gasteiger charge is -2.28. The Morgan fingerprint density at radius 2 is 1.89 bits per heavy atom. The molecule has 9 heteroatoms. The SMILES string of the molecule is CCCCSc1nc2n(n1)C(c1ccc(OCc3ccc(Cl)cc3)cc1)C(C(=O)OCC)=C(C)N2. The van der Waals surface area contributed by atoms with Gasteiger partial charge in [-0.1, -0.05) is 61.0 Å². The highest BCUT2D eigenvalue weighted by Crippen LogP contribution is 2.37. The fourth-order valence-corrected chi connectivity index (χ4v) is 4.81. The van der Waals surface area contributed by atoms with Crippen LogP contribution in [0.5, 0.6) is 5.75 Å². The number of hydrogen-bond acceptors (Lipinski definition) is 7. The van der Waals surface area contributed by atoms with Crippen molar-refractivity contribution in [2.45, 2.75) is 51.4 Å². The molecule has 1 N–H and O–H groups in total. The van der Waals surface area contributed by atoms with Gasteiger partial charge in [0.15, 0.2) is 0 Å². The van der Waals surface area contributed by atoms with Gasteiger partial charge >= 0.3 is 5.97 Å². The van der Waals surface area contributed by atoms with Gasteiger partial charge in [0.05, 0.1) is 12.2 Å². The summed E-state index contributed by atoms with van der Waals surface area (Å²) in [5, 5.41) is 9.35. The number of hydrogen-bond donors (Lipinski definition) is 1. The maximum atomic E-state index is 12.9. The van der Waals surface area contributed by atoms with E-state index in [1.807, 2.05) is 55.5 Å². The van der Waals surface area contributed by atoms with E-state index in [2.05, 4.69) is 17.2 Å². The van der Waals surface area contributed by atoms with Crippen LogP contribution in [-0.4, -0.2) is 33.1 Å². The van der Waals surface area contributed by atoms with Crippen molar-refractivity contribution in [2.75, 3.05) is 17.7 Å². The Kier molecular flexibility index (Phi) is 8.36. The maximum absolute atomic E-state index is 12.9. The van der Waals surface area contributed by atoms with Crippen LogP contribution < -0.4 is 10.1 Å². The number of esters is 1. The number of fused-ring (bicyclic) bond motifs is 1. The van der Waals surface area contributed by atoms with Crippen molar-refractivity contribution in [2.24, 2.45) is 0 Å². The van der Waals surface area contributed by atoms with Gasteiger partial charge in [-0.3, -0.25) is 0 Å². The lowest BCUT2D eigenvalue weighted by atomic mass is 9.96. The monoisotopic (exact) mass is 512 g/mol. The second-order valence-corrected chi connectivity index (χ2v) is 9.63. The number of carbonyl (C=O) groups is 1. The Bertz CT molecular complexity index is 1190. The van der Waals surface area contributed by atoms with Gasteiger partial charge in [-0.2, -0.15) is 4.98 Å². The average molecular weight is 513 g/mol. The Labute approximate surface area is 214 Å². The van der Waals surface area contributed by atoms with Crippen molar-refractivity contribution in [3.63, 3.8) is 0 Å². The number of nitrogens with one attached hydrogen (secondary N) is 1. The highest BCUT2D eigenvalue weighted by molar-refractivity contribution is 7.99. The molecule has 1 aliphatic rings. The van der Waals surface area contributed by atoms with Crippen molar-refractivity contribution in [3.8, 4) is 5.75 Å². The van der Waals surface area contributed by atoms with E-state index in [9.17, 15) is 4.79 Å². The molecule has 184 valence electrons. The number of carbonyl (C=O) groups excluding carboxylic acids is 1. The molecule has 1 aromatic heterocycles. The number of unbranched alkanes of at least 4 members (excludes halogenated alkanes) is 1. The summed E-state index contributed by atoms with van der Waals surface area (Å²) in [6.45, 7) is 6.55. The van der Waals surface area contributed by atoms with Crippen LogP contribution in [0, 0.1) is 0 Å². The third-order valence-corrected chi connectivity index (χ3v) is 6.75. The van der Waals surface area contributed by atoms with Crippen LogP contribution in [0.25, 0.3) is 0 Å². The van der Waals surface area contributed by atoms with Crippen LogP contribution in [0.2, 0.25) is 5.02 Å². The molecule has 1 unspecified atom stereocenters. The average Bonchev–Trinajstić information content (AvgIpc) is 3.25. The first-order valence-corrected chi connectivity index (χ1v) is 13.1. The van der Waals surface area contributed by atoms with Crippen molar-refractivity contribution in [1.82, 2.24) is 14.8 Å². The molecule has 7 nitrogen and oxygen atoms in total. The zero-order valence-electron chi connectivity index (χ0n) is 20.1. The largest absolute Gasteiger partial charge is 0.489 e. The van der Waals surface area contributed by atoms with Gasteiger partial charge in [-0.25, -0.2) is 9.48 Å². The lowest BCUT2D eigenvalue weighted by molar-refractivity contribution is -0.139. The number of halogens is 1. The number of nitrogens with zero attached hydrogens (tertiary/aromatic N) is 3. The van der Waals surface area contributed by atoms with E-state index in [0.717, 1.165) is 35.5 Å². The number of thioether (sulfide) groups is 1. The Balaban J connectivity index is 1.60. The number of rotatable bonds is 10. The van der Waals surface area contributed by atoms with Gasteiger partial charge in [0, 0.05) is 16.5 Å². The molecule has 2 aromatic carbocycles. The number of ether oxygens (including phenoxy) is 2. The van der Waals surface area contributed by atoms with Gasteiger partial charge in [-0.15, -0.1) is 5.10 Å². The van der Waals surface area contributed by atoms with E-state index >= 15 is 0 Å². The predicted molar refractivity (Wildman–Crippen MR) is 139 cm³/mol. The molecule has 4 rings (SSSR count). The Morgan fingerprint density at radius 1 is 1.14 bits per heavy atom. The smallest absolute Gasteiger partial charge is 0.338 e. The molecule has 0 spiro atoms. The second kappa shape index (κ2) is 11.6. The molecule has 1 atom stereocenters. The van der Waals surface area contributed by atoms with Crippen LogP contribution in [0.3, 0.4) is 0 Å². The number of anilines is 1. The molecule has 0 bridgehead atoms. The third-order valence-electron chi connectivity index (χ3n) is 5.57. The van der Waals surface area contributed by atoms with E-state index in [-0.39, 0.29) is 5.97 Å². The fourth-order valence-electron chi connectivity index (χ4n) is 3.78. The summed E-state index contributed by atoms with van der Waals surface area (Å²) in [4.78, 5) is 17.6. The molecule has 3 aromatic rings. The van der Waals surface area contributed by atoms with Gasteiger partial charge in [0.1, 0.15) is 18.4 Å². The van der Waals surface area contributed by atoms with Crippen LogP contribution in [0.1, 0.15) is 50.8 Å². The van der Waals surface area contributed by atoms with Crippen LogP contribution in [-0.2, 0) is 16.1 Å². The highest BCUT2D eigenvalue weighted by atomic mass is 35.5. The first-order valence-electron chi connectivity index (χ1n) is 11.7. The maximum Gasteiger partial charge on any atom is 0.338 e. The first kappa shape index (κ1) is 25.1. The summed E-state index contributed by atoms with van der Waals surface area (Å²) < 4.78 is 13.1. The number of allylic oxidation sites excluding steroid dienone is 1. The number of benzene rings is 2. The standard InChI is InChI=1S/C26H29ClN4O3S/c1-4-6-15-35-26-29-25-28-17(3)22(24(32)33-5-2)23(31(25)30-26)19-9-13-21(14-10-19)34-16-18-7-11-20(27)12-8-18/h7-14,23H,4-6,15-16H2,1-3H3,(H,28,29,30). The summed E-state index contributed by atoms with van der Waals surface area (Å²) in [5.74, 6) is 1.92. The van der Waals surface area contributed by atoms with Crippen LogP contribution >= 0.6 is 23.4 Å². The highest BCUT2D eigenvalue weighted by Gasteiger charge is 2.35.